The molecule has 0 saturated carbocycles. The van der Waals surface area contributed by atoms with Crippen LogP contribution in [-0.2, 0) is 9.47 Å². The zero-order valence-electron chi connectivity index (χ0n) is 16.2. The summed E-state index contributed by atoms with van der Waals surface area (Å²) in [6.07, 6.45) is 0. The summed E-state index contributed by atoms with van der Waals surface area (Å²) in [5.74, 6) is -1.13. The Morgan fingerprint density at radius 3 is 2.45 bits per heavy atom. The number of nitrogens with zero attached hydrogens (tertiary/aromatic N) is 2. The van der Waals surface area contributed by atoms with Crippen LogP contribution >= 0.6 is 0 Å². The molecule has 0 aromatic carbocycles. The summed E-state index contributed by atoms with van der Waals surface area (Å²) in [6.45, 7) is 3.24. The third-order valence-corrected chi connectivity index (χ3v) is 4.64. The Morgan fingerprint density at radius 2 is 1.90 bits per heavy atom. The molecule has 0 atom stereocenters. The summed E-state index contributed by atoms with van der Waals surface area (Å²) < 4.78 is 16.7. The van der Waals surface area contributed by atoms with Crippen molar-refractivity contribution in [1.29, 1.82) is 10.7 Å². The summed E-state index contributed by atoms with van der Waals surface area (Å²) in [7, 11) is 2.43. The van der Waals surface area contributed by atoms with Crippen LogP contribution in [0.5, 0.6) is 0 Å². The van der Waals surface area contributed by atoms with Crippen molar-refractivity contribution in [3.63, 3.8) is 0 Å². The Morgan fingerprint density at radius 1 is 1.24 bits per heavy atom. The van der Waals surface area contributed by atoms with Gasteiger partial charge < -0.3 is 25.0 Å². The number of furan rings is 1. The standard InChI is InChI=1S/C20H18N4O5/c1-9(22)11-7-13-17(20(26)28-4)16(12(8-21)10(2)24(13)18(11)23)14-5-6-15(29-14)19(25)27-3/h5-7,22H,23H2,1-4H3. The van der Waals surface area contributed by atoms with Gasteiger partial charge in [-0.05, 0) is 32.0 Å². The van der Waals surface area contributed by atoms with Crippen molar-refractivity contribution >= 4 is 29.0 Å². The lowest BCUT2D eigenvalue weighted by Gasteiger charge is -2.15. The Bertz CT molecular complexity index is 1230. The van der Waals surface area contributed by atoms with Gasteiger partial charge in [-0.25, -0.2) is 9.59 Å². The van der Waals surface area contributed by atoms with Crippen molar-refractivity contribution in [1.82, 2.24) is 4.40 Å². The summed E-state index contributed by atoms with van der Waals surface area (Å²) in [5, 5.41) is 17.8. The highest BCUT2D eigenvalue weighted by molar-refractivity contribution is 6.09. The molecule has 0 amide bonds. The molecule has 0 spiro atoms. The first kappa shape index (κ1) is 19.7. The largest absolute Gasteiger partial charge is 0.465 e. The van der Waals surface area contributed by atoms with Crippen molar-refractivity contribution in [2.75, 3.05) is 20.0 Å². The fraction of sp³-hybridized carbons (Fsp3) is 0.200. The van der Waals surface area contributed by atoms with E-state index >= 15 is 0 Å². The normalized spacial score (nSPS) is 10.6. The first-order valence-corrected chi connectivity index (χ1v) is 8.46. The van der Waals surface area contributed by atoms with Crippen molar-refractivity contribution in [3.8, 4) is 17.4 Å². The van der Waals surface area contributed by atoms with E-state index in [2.05, 4.69) is 10.8 Å². The maximum atomic E-state index is 12.7. The minimum atomic E-state index is -0.718. The number of nitriles is 1. The van der Waals surface area contributed by atoms with Crippen LogP contribution in [0.2, 0.25) is 0 Å². The molecule has 0 aliphatic carbocycles. The van der Waals surface area contributed by atoms with Gasteiger partial charge in [0.2, 0.25) is 5.76 Å². The van der Waals surface area contributed by atoms with Crippen LogP contribution in [0, 0.1) is 23.7 Å². The van der Waals surface area contributed by atoms with Gasteiger partial charge in [-0.15, -0.1) is 0 Å². The Hall–Kier alpha value is -4.06. The average molecular weight is 394 g/mol. The number of pyridine rings is 1. The fourth-order valence-corrected chi connectivity index (χ4v) is 3.29. The molecule has 148 valence electrons. The first-order valence-electron chi connectivity index (χ1n) is 8.46. The SMILES string of the molecule is COC(=O)c1ccc(-c2c(C#N)c(C)n3c(N)c(C(C)=N)cc3c2C(=O)OC)o1. The summed E-state index contributed by atoms with van der Waals surface area (Å²) in [4.78, 5) is 24.5. The second-order valence-corrected chi connectivity index (χ2v) is 6.26. The molecule has 3 heterocycles. The van der Waals surface area contributed by atoms with Crippen LogP contribution in [0.4, 0.5) is 5.82 Å². The maximum absolute atomic E-state index is 12.7. The van der Waals surface area contributed by atoms with Crippen LogP contribution < -0.4 is 5.73 Å². The van der Waals surface area contributed by atoms with Gasteiger partial charge in [0.05, 0.1) is 36.4 Å². The van der Waals surface area contributed by atoms with Crippen molar-refractivity contribution in [3.05, 3.63) is 46.3 Å². The number of anilines is 1. The molecular weight excluding hydrogens is 376 g/mol. The van der Waals surface area contributed by atoms with E-state index in [1.807, 2.05) is 0 Å². The van der Waals surface area contributed by atoms with Gasteiger partial charge in [0.1, 0.15) is 17.6 Å². The molecular formula is C20H18N4O5. The van der Waals surface area contributed by atoms with Gasteiger partial charge in [-0.1, -0.05) is 0 Å². The van der Waals surface area contributed by atoms with Crippen molar-refractivity contribution < 1.29 is 23.5 Å². The molecule has 0 bridgehead atoms. The average Bonchev–Trinajstić information content (AvgIpc) is 3.31. The molecule has 9 heteroatoms. The predicted molar refractivity (Wildman–Crippen MR) is 104 cm³/mol. The zero-order valence-corrected chi connectivity index (χ0v) is 16.2. The number of ether oxygens (including phenoxy) is 2. The lowest BCUT2D eigenvalue weighted by molar-refractivity contribution is 0.0565. The van der Waals surface area contributed by atoms with E-state index in [0.29, 0.717) is 16.8 Å². The summed E-state index contributed by atoms with van der Waals surface area (Å²) >= 11 is 0. The Labute approximate surface area is 165 Å². The van der Waals surface area contributed by atoms with Gasteiger partial charge in [-0.3, -0.25) is 4.40 Å². The van der Waals surface area contributed by atoms with Crippen LogP contribution in [0.1, 0.15) is 44.7 Å². The lowest BCUT2D eigenvalue weighted by atomic mass is 9.98. The number of carbonyl (C=O) groups is 2. The highest BCUT2D eigenvalue weighted by Crippen LogP contribution is 2.37. The number of methoxy groups -OCH3 is 2. The van der Waals surface area contributed by atoms with E-state index in [1.54, 1.807) is 19.9 Å². The van der Waals surface area contributed by atoms with Crippen LogP contribution in [-0.4, -0.2) is 36.3 Å². The maximum Gasteiger partial charge on any atom is 0.373 e. The summed E-state index contributed by atoms with van der Waals surface area (Å²) in [5.41, 5.74) is 7.98. The van der Waals surface area contributed by atoms with Gasteiger partial charge >= 0.3 is 11.9 Å². The predicted octanol–water partition coefficient (Wildman–Crippen LogP) is 2.92. The topological polar surface area (TPSA) is 144 Å². The number of nitrogen functional groups attached to an aromatic ring is 1. The number of nitrogens with two attached hydrogens (primary N) is 1. The molecule has 3 aromatic rings. The second-order valence-electron chi connectivity index (χ2n) is 6.26. The number of aromatic nitrogens is 1. The van der Waals surface area contributed by atoms with Gasteiger partial charge in [-0.2, -0.15) is 5.26 Å². The van der Waals surface area contributed by atoms with Gasteiger partial charge in [0.15, 0.2) is 0 Å². The number of hydrogen-bond donors (Lipinski definition) is 2. The number of nitrogens with one attached hydrogen (secondary N) is 1. The molecule has 0 saturated heterocycles. The molecule has 0 radical (unpaired) electrons. The molecule has 0 unspecified atom stereocenters. The molecule has 0 aliphatic rings. The number of aryl methyl sites for hydroxylation is 1. The van der Waals surface area contributed by atoms with Crippen LogP contribution in [0.3, 0.4) is 0 Å². The van der Waals surface area contributed by atoms with Crippen LogP contribution in [0.25, 0.3) is 16.8 Å². The van der Waals surface area contributed by atoms with Crippen molar-refractivity contribution in [2.45, 2.75) is 13.8 Å². The Kier molecular flexibility index (Phi) is 4.86. The minimum Gasteiger partial charge on any atom is -0.465 e. The molecule has 3 N–H and O–H groups in total. The molecule has 9 nitrogen and oxygen atoms in total. The highest BCUT2D eigenvalue weighted by atomic mass is 16.5. The van der Waals surface area contributed by atoms with E-state index < -0.39 is 11.9 Å². The van der Waals surface area contributed by atoms with E-state index in [1.165, 1.54) is 30.8 Å². The third-order valence-electron chi connectivity index (χ3n) is 4.64. The number of fused-ring (bicyclic) bond motifs is 1. The second kappa shape index (κ2) is 7.16. The molecule has 0 fully saturated rings. The molecule has 29 heavy (non-hydrogen) atoms. The minimum absolute atomic E-state index is 0.0413. The zero-order chi connectivity index (χ0) is 21.5. The van der Waals surface area contributed by atoms with E-state index in [9.17, 15) is 14.9 Å². The quantitative estimate of drug-likeness (QED) is 0.511. The van der Waals surface area contributed by atoms with Gasteiger partial charge in [0, 0.05) is 17.0 Å². The molecule has 3 aromatic heterocycles. The van der Waals surface area contributed by atoms with Crippen molar-refractivity contribution in [2.24, 2.45) is 0 Å². The van der Waals surface area contributed by atoms with E-state index in [-0.39, 0.29) is 39.7 Å². The number of esters is 2. The monoisotopic (exact) mass is 394 g/mol. The van der Waals surface area contributed by atoms with Gasteiger partial charge in [0.25, 0.3) is 0 Å². The number of hydrogen-bond acceptors (Lipinski definition) is 8. The lowest BCUT2D eigenvalue weighted by Crippen LogP contribution is -2.11. The third kappa shape index (κ3) is 2.91. The number of carbonyl (C=O) groups excluding carboxylic acids is 2. The number of rotatable bonds is 4. The smallest absolute Gasteiger partial charge is 0.373 e. The Balaban J connectivity index is 2.50. The van der Waals surface area contributed by atoms with Crippen LogP contribution in [0.15, 0.2) is 22.6 Å². The van der Waals surface area contributed by atoms with E-state index in [0.717, 1.165) is 0 Å². The summed E-state index contributed by atoms with van der Waals surface area (Å²) in [6, 6.07) is 6.53. The molecule has 3 rings (SSSR count). The molecule has 0 aliphatic heterocycles. The first-order chi connectivity index (χ1) is 13.8. The highest BCUT2D eigenvalue weighted by Gasteiger charge is 2.29. The fourth-order valence-electron chi connectivity index (χ4n) is 3.29. The van der Waals surface area contributed by atoms with E-state index in [4.69, 9.17) is 20.3 Å².